The van der Waals surface area contributed by atoms with Crippen LogP contribution in [0.2, 0.25) is 10.0 Å². The van der Waals surface area contributed by atoms with Crippen molar-refractivity contribution in [2.45, 2.75) is 44.6 Å². The maximum Gasteiger partial charge on any atom is 0.251 e. The Bertz CT molecular complexity index is 884. The Balaban J connectivity index is 1.50. The number of carbonyl (C=O) groups excluding carboxylic acids is 1. The van der Waals surface area contributed by atoms with Gasteiger partial charge in [-0.2, -0.15) is 0 Å². The van der Waals surface area contributed by atoms with E-state index in [0.717, 1.165) is 29.9 Å². The second-order valence-corrected chi connectivity index (χ2v) is 7.93. The normalized spacial score (nSPS) is 18.2. The Labute approximate surface area is 169 Å². The first-order valence-corrected chi connectivity index (χ1v) is 10.1. The monoisotopic (exact) mass is 401 g/mol. The lowest BCUT2D eigenvalue weighted by molar-refractivity contribution is 0.0927. The highest BCUT2D eigenvalue weighted by Crippen LogP contribution is 2.34. The van der Waals surface area contributed by atoms with Crippen LogP contribution in [0.3, 0.4) is 0 Å². The molecule has 140 valence electrons. The van der Waals surface area contributed by atoms with E-state index in [1.54, 1.807) is 18.2 Å². The van der Waals surface area contributed by atoms with Crippen LogP contribution in [0.4, 0.5) is 11.4 Å². The second-order valence-electron chi connectivity index (χ2n) is 7.11. The third-order valence-corrected chi connectivity index (χ3v) is 5.74. The first-order valence-electron chi connectivity index (χ1n) is 9.32. The molecule has 1 heterocycles. The number of amidine groups is 1. The van der Waals surface area contributed by atoms with Gasteiger partial charge in [-0.15, -0.1) is 0 Å². The standard InChI is InChI=1S/C21H21Cl2N3O/c22-16-7-4-8-17(23)20(16)26-19-12-14-11-13(9-10-18(14)25-19)21(27)24-15-5-2-1-3-6-15/h4,7-11,15H,1-3,5-6,12H2,(H,24,27)(H,25,26). The summed E-state index contributed by atoms with van der Waals surface area (Å²) in [5, 5.41) is 7.48. The highest BCUT2D eigenvalue weighted by molar-refractivity contribution is 6.39. The Morgan fingerprint density at radius 3 is 2.56 bits per heavy atom. The largest absolute Gasteiger partial charge is 0.349 e. The summed E-state index contributed by atoms with van der Waals surface area (Å²) < 4.78 is 0. The fourth-order valence-corrected chi connectivity index (χ4v) is 4.18. The summed E-state index contributed by atoms with van der Waals surface area (Å²) in [4.78, 5) is 17.2. The van der Waals surface area contributed by atoms with Gasteiger partial charge in [0.05, 0.1) is 10.0 Å². The van der Waals surface area contributed by atoms with Crippen molar-refractivity contribution in [3.8, 4) is 0 Å². The molecule has 1 saturated carbocycles. The number of carbonyl (C=O) groups is 1. The van der Waals surface area contributed by atoms with E-state index >= 15 is 0 Å². The van der Waals surface area contributed by atoms with Crippen molar-refractivity contribution in [2.24, 2.45) is 4.99 Å². The summed E-state index contributed by atoms with van der Waals surface area (Å²) in [5.41, 5.74) is 3.27. The topological polar surface area (TPSA) is 53.5 Å². The van der Waals surface area contributed by atoms with Crippen molar-refractivity contribution in [3.05, 3.63) is 57.6 Å². The predicted molar refractivity (Wildman–Crippen MR) is 112 cm³/mol. The molecule has 1 fully saturated rings. The van der Waals surface area contributed by atoms with Gasteiger partial charge in [0.2, 0.25) is 0 Å². The molecule has 0 spiro atoms. The van der Waals surface area contributed by atoms with Gasteiger partial charge in [-0.05, 0) is 48.7 Å². The number of rotatable bonds is 3. The van der Waals surface area contributed by atoms with Crippen LogP contribution in [0.5, 0.6) is 0 Å². The fraction of sp³-hybridized carbons (Fsp3) is 0.333. The molecule has 1 aliphatic carbocycles. The Morgan fingerprint density at radius 1 is 1.07 bits per heavy atom. The molecular weight excluding hydrogens is 381 g/mol. The molecule has 1 amide bonds. The van der Waals surface area contributed by atoms with Gasteiger partial charge in [-0.3, -0.25) is 4.79 Å². The molecule has 0 unspecified atom stereocenters. The lowest BCUT2D eigenvalue weighted by atomic mass is 9.95. The number of hydrogen-bond donors (Lipinski definition) is 2. The van der Waals surface area contributed by atoms with Crippen LogP contribution < -0.4 is 10.6 Å². The first kappa shape index (κ1) is 18.3. The zero-order chi connectivity index (χ0) is 18.8. The van der Waals surface area contributed by atoms with Crippen LogP contribution in [0, 0.1) is 0 Å². The molecule has 2 N–H and O–H groups in total. The van der Waals surface area contributed by atoms with Crippen molar-refractivity contribution in [1.29, 1.82) is 0 Å². The summed E-state index contributed by atoms with van der Waals surface area (Å²) in [7, 11) is 0. The lowest BCUT2D eigenvalue weighted by Gasteiger charge is -2.22. The maximum atomic E-state index is 12.6. The number of fused-ring (bicyclic) bond motifs is 1. The molecular formula is C21H21Cl2N3O. The molecule has 2 aromatic rings. The van der Waals surface area contributed by atoms with Crippen LogP contribution in [0.25, 0.3) is 0 Å². The van der Waals surface area contributed by atoms with E-state index in [-0.39, 0.29) is 5.91 Å². The molecule has 0 aromatic heterocycles. The summed E-state index contributed by atoms with van der Waals surface area (Å²) in [5.74, 6) is 0.772. The van der Waals surface area contributed by atoms with E-state index in [4.69, 9.17) is 23.2 Å². The summed E-state index contributed by atoms with van der Waals surface area (Å²) in [6.07, 6.45) is 6.43. The van der Waals surface area contributed by atoms with Crippen LogP contribution in [0.1, 0.15) is 48.0 Å². The minimum Gasteiger partial charge on any atom is -0.349 e. The van der Waals surface area contributed by atoms with Crippen molar-refractivity contribution < 1.29 is 4.79 Å². The van der Waals surface area contributed by atoms with E-state index in [1.165, 1.54) is 19.3 Å². The van der Waals surface area contributed by atoms with Crippen LogP contribution in [-0.4, -0.2) is 17.8 Å². The fourth-order valence-electron chi connectivity index (χ4n) is 3.70. The van der Waals surface area contributed by atoms with E-state index in [1.807, 2.05) is 18.2 Å². The minimum atomic E-state index is 0.00392. The number of benzene rings is 2. The van der Waals surface area contributed by atoms with Crippen molar-refractivity contribution >= 4 is 46.3 Å². The Hall–Kier alpha value is -2.04. The van der Waals surface area contributed by atoms with E-state index < -0.39 is 0 Å². The molecule has 1 aliphatic heterocycles. The number of anilines is 1. The van der Waals surface area contributed by atoms with Gasteiger partial charge < -0.3 is 10.6 Å². The molecule has 0 atom stereocenters. The van der Waals surface area contributed by atoms with Gasteiger partial charge >= 0.3 is 0 Å². The molecule has 4 rings (SSSR count). The zero-order valence-corrected chi connectivity index (χ0v) is 16.4. The lowest BCUT2D eigenvalue weighted by Crippen LogP contribution is -2.36. The number of halogens is 2. The molecule has 4 nitrogen and oxygen atoms in total. The summed E-state index contributed by atoms with van der Waals surface area (Å²) >= 11 is 12.4. The Morgan fingerprint density at radius 2 is 1.81 bits per heavy atom. The highest BCUT2D eigenvalue weighted by Gasteiger charge is 2.21. The zero-order valence-electron chi connectivity index (χ0n) is 14.9. The quantitative estimate of drug-likeness (QED) is 0.687. The van der Waals surface area contributed by atoms with E-state index in [0.29, 0.717) is 33.8 Å². The molecule has 2 aliphatic rings. The molecule has 0 saturated heterocycles. The van der Waals surface area contributed by atoms with Gasteiger partial charge in [0, 0.05) is 23.7 Å². The van der Waals surface area contributed by atoms with Crippen molar-refractivity contribution in [3.63, 3.8) is 0 Å². The van der Waals surface area contributed by atoms with E-state index in [9.17, 15) is 4.79 Å². The van der Waals surface area contributed by atoms with Gasteiger partial charge in [0.25, 0.3) is 5.91 Å². The van der Waals surface area contributed by atoms with E-state index in [2.05, 4.69) is 15.6 Å². The Kier molecular flexibility index (Phi) is 5.37. The van der Waals surface area contributed by atoms with Crippen LogP contribution >= 0.6 is 23.2 Å². The van der Waals surface area contributed by atoms with Crippen molar-refractivity contribution in [2.75, 3.05) is 5.32 Å². The smallest absolute Gasteiger partial charge is 0.251 e. The number of aliphatic imine (C=N–C) groups is 1. The molecule has 27 heavy (non-hydrogen) atoms. The summed E-state index contributed by atoms with van der Waals surface area (Å²) in [6.45, 7) is 0. The number of amides is 1. The second kappa shape index (κ2) is 7.91. The summed E-state index contributed by atoms with van der Waals surface area (Å²) in [6, 6.07) is 11.4. The third kappa shape index (κ3) is 4.12. The maximum absolute atomic E-state index is 12.6. The molecule has 0 radical (unpaired) electrons. The van der Waals surface area contributed by atoms with Crippen molar-refractivity contribution in [1.82, 2.24) is 5.32 Å². The third-order valence-electron chi connectivity index (χ3n) is 5.13. The number of nitrogens with zero attached hydrogens (tertiary/aromatic N) is 1. The predicted octanol–water partition coefficient (Wildman–Crippen LogP) is 5.75. The van der Waals surface area contributed by atoms with Crippen LogP contribution in [0.15, 0.2) is 41.4 Å². The van der Waals surface area contributed by atoms with Gasteiger partial charge in [-0.25, -0.2) is 4.99 Å². The average molecular weight is 402 g/mol. The van der Waals surface area contributed by atoms with Gasteiger partial charge in [0.1, 0.15) is 11.5 Å². The SMILES string of the molecule is O=C(NC1CCCCC1)c1ccc2c(c1)CC(=Nc1c(Cl)cccc1Cl)N2. The average Bonchev–Trinajstić information content (AvgIpc) is 3.07. The van der Waals surface area contributed by atoms with Crippen LogP contribution in [-0.2, 0) is 6.42 Å². The van der Waals surface area contributed by atoms with Gasteiger partial charge in [0.15, 0.2) is 0 Å². The molecule has 0 bridgehead atoms. The first-order chi connectivity index (χ1) is 13.1. The minimum absolute atomic E-state index is 0.00392. The van der Waals surface area contributed by atoms with Gasteiger partial charge in [-0.1, -0.05) is 48.5 Å². The molecule has 2 aromatic carbocycles. The molecule has 6 heteroatoms. The number of hydrogen-bond acceptors (Lipinski definition) is 2. The highest BCUT2D eigenvalue weighted by atomic mass is 35.5. The number of nitrogens with one attached hydrogen (secondary N) is 2. The number of para-hydroxylation sites is 1.